The Hall–Kier alpha value is -2.60. The fourth-order valence-corrected chi connectivity index (χ4v) is 1.98. The number of amides is 3. The Balaban J connectivity index is 2.22. The summed E-state index contributed by atoms with van der Waals surface area (Å²) in [4.78, 5) is 21.9. The summed E-state index contributed by atoms with van der Waals surface area (Å²) >= 11 is 0. The summed E-state index contributed by atoms with van der Waals surface area (Å²) in [7, 11) is 0. The fraction of sp³-hybridized carbons (Fsp3) is 0.143. The second kappa shape index (κ2) is 6.03. The lowest BCUT2D eigenvalue weighted by atomic mass is 10.0. The second-order valence-electron chi connectivity index (χ2n) is 4.17. The number of carbonyl (C=O) groups excluding carboxylic acids is 2. The molecule has 2 rings (SSSR count). The number of nitrogens with two attached hydrogens (primary N) is 2. The van der Waals surface area contributed by atoms with Crippen molar-refractivity contribution in [1.29, 1.82) is 0 Å². The number of hydrogen-bond acceptors (Lipinski definition) is 4. The monoisotopic (exact) mass is 273 g/mol. The molecular weight excluding hydrogens is 258 g/mol. The molecule has 6 nitrogen and oxygen atoms in total. The number of rotatable bonds is 4. The van der Waals surface area contributed by atoms with Crippen molar-refractivity contribution >= 4 is 22.7 Å². The van der Waals surface area contributed by atoms with Crippen molar-refractivity contribution in [3.8, 4) is 5.75 Å². The van der Waals surface area contributed by atoms with Gasteiger partial charge in [-0.15, -0.1) is 0 Å². The minimum atomic E-state index is -0.906. The van der Waals surface area contributed by atoms with Gasteiger partial charge in [0.15, 0.2) is 6.61 Å². The zero-order valence-electron chi connectivity index (χ0n) is 10.8. The molecule has 0 heterocycles. The SMILES string of the molecule is NCc1c(OCC(=O)NC(N)=O)ccc2ccccc12. The van der Waals surface area contributed by atoms with Crippen LogP contribution >= 0.6 is 0 Å². The number of ether oxygens (including phenoxy) is 1. The van der Waals surface area contributed by atoms with Gasteiger partial charge in [0.1, 0.15) is 5.75 Å². The normalized spacial score (nSPS) is 10.2. The van der Waals surface area contributed by atoms with E-state index in [1.54, 1.807) is 6.07 Å². The Kier molecular flexibility index (Phi) is 4.17. The molecule has 0 aromatic heterocycles. The number of imide groups is 1. The van der Waals surface area contributed by atoms with Crippen LogP contribution in [0.25, 0.3) is 10.8 Å². The predicted octanol–water partition coefficient (Wildman–Crippen LogP) is 0.872. The van der Waals surface area contributed by atoms with Crippen LogP contribution in [0.2, 0.25) is 0 Å². The highest BCUT2D eigenvalue weighted by Crippen LogP contribution is 2.27. The van der Waals surface area contributed by atoms with Crippen LogP contribution in [0.3, 0.4) is 0 Å². The zero-order chi connectivity index (χ0) is 14.5. The summed E-state index contributed by atoms with van der Waals surface area (Å²) in [6, 6.07) is 10.5. The first-order valence-electron chi connectivity index (χ1n) is 6.04. The second-order valence-corrected chi connectivity index (χ2v) is 4.17. The van der Waals surface area contributed by atoms with Crippen molar-refractivity contribution in [2.24, 2.45) is 11.5 Å². The van der Waals surface area contributed by atoms with Crippen LogP contribution in [0, 0.1) is 0 Å². The number of hydrogen-bond donors (Lipinski definition) is 3. The Morgan fingerprint density at radius 1 is 1.15 bits per heavy atom. The third-order valence-corrected chi connectivity index (χ3v) is 2.82. The largest absolute Gasteiger partial charge is 0.483 e. The minimum absolute atomic E-state index is 0.286. The van der Waals surface area contributed by atoms with E-state index >= 15 is 0 Å². The van der Waals surface area contributed by atoms with E-state index in [1.807, 2.05) is 35.6 Å². The molecule has 3 amide bonds. The lowest BCUT2D eigenvalue weighted by Crippen LogP contribution is -2.38. The predicted molar refractivity (Wildman–Crippen MR) is 75.1 cm³/mol. The first kappa shape index (κ1) is 13.8. The van der Waals surface area contributed by atoms with Gasteiger partial charge in [0.05, 0.1) is 0 Å². The van der Waals surface area contributed by atoms with Crippen molar-refractivity contribution in [1.82, 2.24) is 5.32 Å². The summed E-state index contributed by atoms with van der Waals surface area (Å²) in [5, 5.41) is 3.95. The Morgan fingerprint density at radius 2 is 1.90 bits per heavy atom. The molecule has 2 aromatic rings. The maximum absolute atomic E-state index is 11.3. The van der Waals surface area contributed by atoms with Crippen molar-refractivity contribution in [3.05, 3.63) is 42.0 Å². The Morgan fingerprint density at radius 3 is 2.60 bits per heavy atom. The third-order valence-electron chi connectivity index (χ3n) is 2.82. The van der Waals surface area contributed by atoms with Crippen LogP contribution in [-0.4, -0.2) is 18.5 Å². The van der Waals surface area contributed by atoms with E-state index in [1.165, 1.54) is 0 Å². The van der Waals surface area contributed by atoms with Crippen LogP contribution in [0.4, 0.5) is 4.79 Å². The maximum atomic E-state index is 11.3. The topological polar surface area (TPSA) is 107 Å². The standard InChI is InChI=1S/C14H15N3O3/c15-7-11-10-4-2-1-3-9(10)5-6-12(11)20-8-13(18)17-14(16)19/h1-6H,7-8,15H2,(H3,16,17,18,19). The molecular formula is C14H15N3O3. The van der Waals surface area contributed by atoms with Gasteiger partial charge in [-0.3, -0.25) is 10.1 Å². The lowest BCUT2D eigenvalue weighted by molar-refractivity contribution is -0.121. The van der Waals surface area contributed by atoms with Gasteiger partial charge in [-0.1, -0.05) is 30.3 Å². The van der Waals surface area contributed by atoms with Gasteiger partial charge >= 0.3 is 6.03 Å². The number of fused-ring (bicyclic) bond motifs is 1. The van der Waals surface area contributed by atoms with E-state index in [4.69, 9.17) is 16.2 Å². The third kappa shape index (κ3) is 3.04. The summed E-state index contributed by atoms with van der Waals surface area (Å²) < 4.78 is 5.40. The van der Waals surface area contributed by atoms with Gasteiger partial charge in [-0.2, -0.15) is 0 Å². The highest BCUT2D eigenvalue weighted by molar-refractivity contribution is 5.94. The molecule has 0 fully saturated rings. The summed E-state index contributed by atoms with van der Waals surface area (Å²) in [6.45, 7) is -0.0115. The van der Waals surface area contributed by atoms with E-state index in [0.29, 0.717) is 5.75 Å². The lowest BCUT2D eigenvalue weighted by Gasteiger charge is -2.12. The van der Waals surface area contributed by atoms with Gasteiger partial charge in [0, 0.05) is 12.1 Å². The molecule has 0 aliphatic rings. The van der Waals surface area contributed by atoms with Gasteiger partial charge in [0.25, 0.3) is 5.91 Å². The number of benzene rings is 2. The molecule has 0 bridgehead atoms. The molecule has 0 atom stereocenters. The van der Waals surface area contributed by atoms with Crippen LogP contribution in [0.1, 0.15) is 5.56 Å². The number of nitrogens with one attached hydrogen (secondary N) is 1. The average Bonchev–Trinajstić information content (AvgIpc) is 2.43. The highest BCUT2D eigenvalue weighted by atomic mass is 16.5. The Labute approximate surface area is 115 Å². The van der Waals surface area contributed by atoms with E-state index in [0.717, 1.165) is 16.3 Å². The van der Waals surface area contributed by atoms with Gasteiger partial charge in [0.2, 0.25) is 0 Å². The first-order valence-corrected chi connectivity index (χ1v) is 6.04. The van der Waals surface area contributed by atoms with E-state index in [9.17, 15) is 9.59 Å². The highest BCUT2D eigenvalue weighted by Gasteiger charge is 2.10. The van der Waals surface area contributed by atoms with Gasteiger partial charge < -0.3 is 16.2 Å². The summed E-state index contributed by atoms with van der Waals surface area (Å²) in [5.74, 6) is -0.0838. The molecule has 5 N–H and O–H groups in total. The molecule has 0 aliphatic heterocycles. The molecule has 104 valence electrons. The number of urea groups is 1. The summed E-state index contributed by atoms with van der Waals surface area (Å²) in [6.07, 6.45) is 0. The number of primary amides is 1. The zero-order valence-corrected chi connectivity index (χ0v) is 10.8. The molecule has 0 saturated heterocycles. The van der Waals surface area contributed by atoms with E-state index in [2.05, 4.69) is 0 Å². The van der Waals surface area contributed by atoms with Gasteiger partial charge in [-0.25, -0.2) is 4.79 Å². The molecule has 0 spiro atoms. The first-order chi connectivity index (χ1) is 9.61. The molecule has 0 unspecified atom stereocenters. The molecule has 20 heavy (non-hydrogen) atoms. The van der Waals surface area contributed by atoms with Crippen LogP contribution in [-0.2, 0) is 11.3 Å². The van der Waals surface area contributed by atoms with Crippen molar-refractivity contribution < 1.29 is 14.3 Å². The van der Waals surface area contributed by atoms with Crippen molar-refractivity contribution in [2.45, 2.75) is 6.54 Å². The maximum Gasteiger partial charge on any atom is 0.318 e. The molecule has 0 saturated carbocycles. The van der Waals surface area contributed by atoms with Crippen LogP contribution < -0.4 is 21.5 Å². The number of carbonyl (C=O) groups is 2. The molecule has 0 radical (unpaired) electrons. The van der Waals surface area contributed by atoms with Crippen LogP contribution in [0.15, 0.2) is 36.4 Å². The van der Waals surface area contributed by atoms with E-state index in [-0.39, 0.29) is 13.2 Å². The smallest absolute Gasteiger partial charge is 0.318 e. The summed E-state index contributed by atoms with van der Waals surface area (Å²) in [5.41, 5.74) is 11.4. The quantitative estimate of drug-likeness (QED) is 0.768. The van der Waals surface area contributed by atoms with Crippen molar-refractivity contribution in [2.75, 3.05) is 6.61 Å². The van der Waals surface area contributed by atoms with Crippen molar-refractivity contribution in [3.63, 3.8) is 0 Å². The molecule has 2 aromatic carbocycles. The molecule has 0 aliphatic carbocycles. The Bertz CT molecular complexity index is 655. The minimum Gasteiger partial charge on any atom is -0.483 e. The fourth-order valence-electron chi connectivity index (χ4n) is 1.98. The van der Waals surface area contributed by atoms with Gasteiger partial charge in [-0.05, 0) is 16.8 Å². The average molecular weight is 273 g/mol. The molecule has 6 heteroatoms. The van der Waals surface area contributed by atoms with E-state index < -0.39 is 11.9 Å². The van der Waals surface area contributed by atoms with Crippen LogP contribution in [0.5, 0.6) is 5.75 Å².